The van der Waals surface area contributed by atoms with E-state index in [-0.39, 0.29) is 0 Å². The Morgan fingerprint density at radius 2 is 0.957 bits per heavy atom. The molecule has 10 heteroatoms. The van der Waals surface area contributed by atoms with Crippen molar-refractivity contribution in [3.05, 3.63) is 52.1 Å². The van der Waals surface area contributed by atoms with Gasteiger partial charge in [-0.25, -0.2) is 43.9 Å². The van der Waals surface area contributed by atoms with Gasteiger partial charge in [-0.3, -0.25) is 0 Å². The molecule has 0 radical (unpaired) electrons. The van der Waals surface area contributed by atoms with Gasteiger partial charge in [0.25, 0.3) is 0 Å². The van der Waals surface area contributed by atoms with Gasteiger partial charge < -0.3 is 0 Å². The molecule has 0 heterocycles. The van der Waals surface area contributed by atoms with Crippen LogP contribution in [0.1, 0.15) is 12.0 Å². The molecule has 124 valence electrons. The number of rotatable bonds is 1. The standard InChI is InChI=1S/C13H2F10/c14-4-2(5(15)8(18)9(19)7(4)17)3-6(16)11(21)13(23)1-12(13,22)10(3)20/h1H2/t12-,13-/m0/s1. The highest BCUT2D eigenvalue weighted by molar-refractivity contribution is 5.85. The van der Waals surface area contributed by atoms with Gasteiger partial charge in [-0.2, -0.15) is 0 Å². The molecule has 0 nitrogen and oxygen atoms in total. The first kappa shape index (κ1) is 15.9. The van der Waals surface area contributed by atoms with Gasteiger partial charge >= 0.3 is 0 Å². The van der Waals surface area contributed by atoms with Crippen LogP contribution in [-0.2, 0) is 0 Å². The Morgan fingerprint density at radius 3 is 1.43 bits per heavy atom. The van der Waals surface area contributed by atoms with E-state index in [0.717, 1.165) is 0 Å². The fraction of sp³-hybridized carbons (Fsp3) is 0.231. The van der Waals surface area contributed by atoms with Crippen LogP contribution in [0.15, 0.2) is 17.5 Å². The molecule has 0 saturated heterocycles. The Labute approximate surface area is 120 Å². The normalized spacial score (nSPS) is 30.0. The fourth-order valence-electron chi connectivity index (χ4n) is 2.42. The Balaban J connectivity index is 2.39. The van der Waals surface area contributed by atoms with Crippen molar-refractivity contribution in [3.63, 3.8) is 0 Å². The highest BCUT2D eigenvalue weighted by Crippen LogP contribution is 2.68. The summed E-state index contributed by atoms with van der Waals surface area (Å²) in [7, 11) is 0. The first-order chi connectivity index (χ1) is 10.5. The van der Waals surface area contributed by atoms with Crippen LogP contribution in [0.4, 0.5) is 43.9 Å². The number of allylic oxidation sites excluding steroid dienone is 4. The third-order valence-electron chi connectivity index (χ3n) is 3.78. The molecule has 1 aromatic rings. The van der Waals surface area contributed by atoms with E-state index in [2.05, 4.69) is 0 Å². The molecule has 0 N–H and O–H groups in total. The zero-order valence-corrected chi connectivity index (χ0v) is 10.5. The third-order valence-corrected chi connectivity index (χ3v) is 3.78. The molecule has 1 fully saturated rings. The van der Waals surface area contributed by atoms with E-state index in [1.165, 1.54) is 0 Å². The zero-order chi connectivity index (χ0) is 17.5. The number of benzene rings is 1. The molecule has 0 unspecified atom stereocenters. The van der Waals surface area contributed by atoms with Crippen LogP contribution in [0.25, 0.3) is 5.57 Å². The Hall–Kier alpha value is -2.00. The van der Waals surface area contributed by atoms with Crippen molar-refractivity contribution < 1.29 is 43.9 Å². The molecule has 0 amide bonds. The minimum atomic E-state index is -3.76. The number of halogens is 10. The van der Waals surface area contributed by atoms with Crippen LogP contribution in [0, 0.1) is 29.1 Å². The van der Waals surface area contributed by atoms with E-state index in [4.69, 9.17) is 0 Å². The first-order valence-corrected chi connectivity index (χ1v) is 5.85. The first-order valence-electron chi connectivity index (χ1n) is 5.85. The lowest BCUT2D eigenvalue weighted by Crippen LogP contribution is -2.25. The van der Waals surface area contributed by atoms with Crippen molar-refractivity contribution in [2.75, 3.05) is 0 Å². The molecule has 2 atom stereocenters. The molecule has 2 aliphatic carbocycles. The van der Waals surface area contributed by atoms with Gasteiger partial charge in [-0.15, -0.1) is 0 Å². The van der Waals surface area contributed by atoms with Crippen molar-refractivity contribution in [2.24, 2.45) is 0 Å². The molecular weight excluding hydrogens is 346 g/mol. The highest BCUT2D eigenvalue weighted by atomic mass is 19.2. The lowest BCUT2D eigenvalue weighted by atomic mass is 9.93. The monoisotopic (exact) mass is 348 g/mol. The molecule has 1 aromatic carbocycles. The molecule has 2 aliphatic rings. The summed E-state index contributed by atoms with van der Waals surface area (Å²) in [6, 6.07) is 0. The highest BCUT2D eigenvalue weighted by Gasteiger charge is 2.80. The van der Waals surface area contributed by atoms with Gasteiger partial charge in [-0.1, -0.05) is 0 Å². The molecule has 1 saturated carbocycles. The van der Waals surface area contributed by atoms with Crippen molar-refractivity contribution in [1.82, 2.24) is 0 Å². The van der Waals surface area contributed by atoms with Crippen molar-refractivity contribution in [3.8, 4) is 0 Å². The summed E-state index contributed by atoms with van der Waals surface area (Å²) in [6.07, 6.45) is -1.52. The van der Waals surface area contributed by atoms with Gasteiger partial charge in [0.15, 0.2) is 40.7 Å². The van der Waals surface area contributed by atoms with E-state index >= 15 is 0 Å². The minimum absolute atomic E-state index is 1.52. The summed E-state index contributed by atoms with van der Waals surface area (Å²) >= 11 is 0. The van der Waals surface area contributed by atoms with Crippen LogP contribution in [0.3, 0.4) is 0 Å². The maximum absolute atomic E-state index is 13.9. The summed E-state index contributed by atoms with van der Waals surface area (Å²) in [5.74, 6) is -20.8. The maximum atomic E-state index is 13.9. The van der Waals surface area contributed by atoms with Crippen molar-refractivity contribution in [1.29, 1.82) is 0 Å². The fourth-order valence-corrected chi connectivity index (χ4v) is 2.42. The number of alkyl halides is 2. The van der Waals surface area contributed by atoms with Gasteiger partial charge in [-0.05, 0) is 0 Å². The van der Waals surface area contributed by atoms with Crippen LogP contribution < -0.4 is 0 Å². The van der Waals surface area contributed by atoms with Crippen LogP contribution >= 0.6 is 0 Å². The lowest BCUT2D eigenvalue weighted by Gasteiger charge is -2.20. The number of hydrogen-bond acceptors (Lipinski definition) is 0. The molecule has 0 aliphatic heterocycles. The Kier molecular flexibility index (Phi) is 2.97. The summed E-state index contributed by atoms with van der Waals surface area (Å²) in [6.45, 7) is 0. The van der Waals surface area contributed by atoms with E-state index in [0.29, 0.717) is 0 Å². The predicted octanol–water partition coefficient (Wildman–Crippen LogP) is 5.05. The van der Waals surface area contributed by atoms with Gasteiger partial charge in [0.2, 0.25) is 17.2 Å². The zero-order valence-electron chi connectivity index (χ0n) is 10.5. The SMILES string of the molecule is FC1=C(F)[C@@]2(F)C[C@]2(F)C(F)=C1c1c(F)c(F)c(F)c(F)c1F. The van der Waals surface area contributed by atoms with E-state index in [9.17, 15) is 43.9 Å². The summed E-state index contributed by atoms with van der Waals surface area (Å²) in [5.41, 5.74) is -11.8. The summed E-state index contributed by atoms with van der Waals surface area (Å²) in [5, 5.41) is 0. The van der Waals surface area contributed by atoms with E-state index < -0.39 is 75.5 Å². The quantitative estimate of drug-likeness (QED) is 0.379. The second-order valence-corrected chi connectivity index (χ2v) is 5.04. The van der Waals surface area contributed by atoms with Gasteiger partial charge in [0, 0.05) is 6.42 Å². The molecule has 0 spiro atoms. The molecule has 3 rings (SSSR count). The van der Waals surface area contributed by atoms with E-state index in [1.807, 2.05) is 0 Å². The maximum Gasteiger partial charge on any atom is 0.208 e. The Bertz CT molecular complexity index is 794. The third kappa shape index (κ3) is 1.63. The average molecular weight is 348 g/mol. The molecule has 23 heavy (non-hydrogen) atoms. The second kappa shape index (κ2) is 4.30. The van der Waals surface area contributed by atoms with Crippen LogP contribution in [0.5, 0.6) is 0 Å². The smallest absolute Gasteiger partial charge is 0.208 e. The molecular formula is C13H2F10. The predicted molar refractivity (Wildman–Crippen MR) is 55.8 cm³/mol. The number of fused-ring (bicyclic) bond motifs is 1. The average Bonchev–Trinajstić information content (AvgIpc) is 3.10. The van der Waals surface area contributed by atoms with Gasteiger partial charge in [0.05, 0.1) is 11.1 Å². The van der Waals surface area contributed by atoms with Crippen molar-refractivity contribution >= 4 is 5.57 Å². The van der Waals surface area contributed by atoms with Crippen molar-refractivity contribution in [2.45, 2.75) is 17.8 Å². The van der Waals surface area contributed by atoms with Gasteiger partial charge in [0.1, 0.15) is 0 Å². The second-order valence-electron chi connectivity index (χ2n) is 5.04. The number of hydrogen-bond donors (Lipinski definition) is 0. The minimum Gasteiger partial charge on any atom is -0.232 e. The topological polar surface area (TPSA) is 0 Å². The van der Waals surface area contributed by atoms with E-state index in [1.54, 1.807) is 0 Å². The van der Waals surface area contributed by atoms with Crippen LogP contribution in [0.2, 0.25) is 0 Å². The lowest BCUT2D eigenvalue weighted by molar-refractivity contribution is 0.170. The molecule has 0 bridgehead atoms. The molecule has 0 aromatic heterocycles. The summed E-state index contributed by atoms with van der Waals surface area (Å²) < 4.78 is 135. The summed E-state index contributed by atoms with van der Waals surface area (Å²) in [4.78, 5) is 0. The Morgan fingerprint density at radius 1 is 0.565 bits per heavy atom. The van der Waals surface area contributed by atoms with Crippen LogP contribution in [-0.4, -0.2) is 11.3 Å². The largest absolute Gasteiger partial charge is 0.232 e.